The molecule has 199 valence electrons. The summed E-state index contributed by atoms with van der Waals surface area (Å²) in [7, 11) is 16.9. The van der Waals surface area contributed by atoms with E-state index >= 15 is 0 Å². The van der Waals surface area contributed by atoms with Crippen LogP contribution in [0.15, 0.2) is 106 Å². The van der Waals surface area contributed by atoms with E-state index in [2.05, 4.69) is 99.8 Å². The summed E-state index contributed by atoms with van der Waals surface area (Å²) in [6.07, 6.45) is 12.3. The zero-order chi connectivity index (χ0) is 26.7. The van der Waals surface area contributed by atoms with Gasteiger partial charge in [-0.25, -0.2) is 0 Å². The Bertz CT molecular complexity index is 1270. The van der Waals surface area contributed by atoms with Gasteiger partial charge in [0.05, 0.1) is 0 Å². The predicted octanol–water partition coefficient (Wildman–Crippen LogP) is 11.0. The van der Waals surface area contributed by atoms with Crippen molar-refractivity contribution in [2.45, 2.75) is 84.6 Å². The fourth-order valence-electron chi connectivity index (χ4n) is 8.69. The monoisotopic (exact) mass is 637 g/mol. The third-order valence-corrected chi connectivity index (χ3v) is 62.8. The second kappa shape index (κ2) is 10.2. The molecule has 4 atom stereocenters. The van der Waals surface area contributed by atoms with Crippen molar-refractivity contribution in [1.82, 2.24) is 0 Å². The first-order chi connectivity index (χ1) is 18.2. The first-order valence-electron chi connectivity index (χ1n) is 14.7. The molecule has 4 unspecified atom stereocenters. The van der Waals surface area contributed by atoms with Gasteiger partial charge in [0.15, 0.2) is 0 Å². The summed E-state index contributed by atoms with van der Waals surface area (Å²) in [5, 5.41) is 0. The predicted molar refractivity (Wildman–Crippen MR) is 166 cm³/mol. The molecule has 4 aliphatic carbocycles. The van der Waals surface area contributed by atoms with Crippen LogP contribution in [0.3, 0.4) is 0 Å². The number of allylic oxidation sites excluding steroid dienone is 8. The molecule has 0 spiro atoms. The average molecular weight is 640 g/mol. The van der Waals surface area contributed by atoms with Crippen molar-refractivity contribution < 1.29 is 15.6 Å². The van der Waals surface area contributed by atoms with Gasteiger partial charge >= 0.3 is 240 Å². The van der Waals surface area contributed by atoms with E-state index in [4.69, 9.17) is 17.0 Å². The Morgan fingerprint density at radius 2 is 1.05 bits per heavy atom. The number of hydrogen-bond acceptors (Lipinski definition) is 0. The molecule has 38 heavy (non-hydrogen) atoms. The molecule has 0 N–H and O–H groups in total. The minimum absolute atomic E-state index is 0.297. The van der Waals surface area contributed by atoms with Gasteiger partial charge in [0.25, 0.3) is 0 Å². The number of halogens is 2. The SMILES string of the molecule is CC1=CC2=C(CCCC2c2ccccc2)[CH]1[Zr]([Cl])([Cl])([CH]1C(C)=CC2=C1CCCC2c1ccccc1)[SiH](C)C. The fourth-order valence-corrected chi connectivity index (χ4v) is 42.8. The van der Waals surface area contributed by atoms with Crippen LogP contribution in [-0.4, -0.2) is 5.92 Å². The van der Waals surface area contributed by atoms with Crippen molar-refractivity contribution in [1.29, 1.82) is 0 Å². The van der Waals surface area contributed by atoms with Crippen molar-refractivity contribution >= 4 is 22.9 Å². The molecular weight excluding hydrogens is 599 g/mol. The minimum atomic E-state index is -4.47. The molecule has 0 nitrogen and oxygen atoms in total. The van der Waals surface area contributed by atoms with Gasteiger partial charge < -0.3 is 0 Å². The summed E-state index contributed by atoms with van der Waals surface area (Å²) in [6.45, 7) is 9.68. The quantitative estimate of drug-likeness (QED) is 0.286. The summed E-state index contributed by atoms with van der Waals surface area (Å²) < 4.78 is 0.593. The van der Waals surface area contributed by atoms with Gasteiger partial charge in [-0.2, -0.15) is 0 Å². The molecule has 0 aliphatic heterocycles. The van der Waals surface area contributed by atoms with Gasteiger partial charge in [-0.1, -0.05) is 0 Å². The molecule has 0 radical (unpaired) electrons. The Hall–Kier alpha value is -0.920. The molecule has 0 heterocycles. The molecule has 0 aromatic heterocycles. The van der Waals surface area contributed by atoms with Crippen molar-refractivity contribution in [3.8, 4) is 0 Å². The van der Waals surface area contributed by atoms with Crippen LogP contribution in [0.1, 0.15) is 75.3 Å². The van der Waals surface area contributed by atoms with E-state index in [1.807, 2.05) is 0 Å². The molecule has 6 rings (SSSR count). The van der Waals surface area contributed by atoms with Crippen LogP contribution >= 0.6 is 17.0 Å². The second-order valence-electron chi connectivity index (χ2n) is 12.7. The third kappa shape index (κ3) is 4.15. The summed E-state index contributed by atoms with van der Waals surface area (Å²) in [5.41, 5.74) is 12.2. The Kier molecular flexibility index (Phi) is 7.29. The normalized spacial score (nSPS) is 28.6. The maximum absolute atomic E-state index is 8.45. The Balaban J connectivity index is 1.49. The van der Waals surface area contributed by atoms with Gasteiger partial charge in [-0.3, -0.25) is 0 Å². The molecule has 0 saturated carbocycles. The zero-order valence-electron chi connectivity index (χ0n) is 23.3. The van der Waals surface area contributed by atoms with Crippen LogP contribution in [0, 0.1) is 0 Å². The first-order valence-corrected chi connectivity index (χ1v) is 31.0. The first kappa shape index (κ1) is 27.3. The molecule has 0 bridgehead atoms. The molecule has 0 amide bonds. The molecule has 4 heteroatoms. The molecule has 2 aromatic carbocycles. The number of benzene rings is 2. The van der Waals surface area contributed by atoms with Crippen LogP contribution in [-0.2, 0) is 15.6 Å². The van der Waals surface area contributed by atoms with E-state index in [1.54, 1.807) is 22.3 Å². The molecule has 0 saturated heterocycles. The summed E-state index contributed by atoms with van der Waals surface area (Å²) >= 11 is -4.47. The van der Waals surface area contributed by atoms with Crippen LogP contribution in [0.5, 0.6) is 0 Å². The van der Waals surface area contributed by atoms with Crippen LogP contribution in [0.2, 0.25) is 20.3 Å². The Morgan fingerprint density at radius 1 is 0.658 bits per heavy atom. The fraction of sp³-hybridized carbons (Fsp3) is 0.412. The molecule has 0 fully saturated rings. The number of rotatable bonds is 5. The van der Waals surface area contributed by atoms with Gasteiger partial charge in [0.2, 0.25) is 0 Å². The average Bonchev–Trinajstić information content (AvgIpc) is 3.46. The Morgan fingerprint density at radius 3 is 1.42 bits per heavy atom. The summed E-state index contributed by atoms with van der Waals surface area (Å²) in [6, 6.07) is 22.3. The summed E-state index contributed by atoms with van der Waals surface area (Å²) in [5.74, 6) is -0.470. The van der Waals surface area contributed by atoms with E-state index in [1.165, 1.54) is 48.0 Å². The summed E-state index contributed by atoms with van der Waals surface area (Å²) in [4.78, 5) is 0. The van der Waals surface area contributed by atoms with E-state index in [-0.39, 0.29) is 0 Å². The Labute approximate surface area is 238 Å². The van der Waals surface area contributed by atoms with Gasteiger partial charge in [-0.05, 0) is 0 Å². The van der Waals surface area contributed by atoms with Crippen molar-refractivity contribution in [3.05, 3.63) is 117 Å². The van der Waals surface area contributed by atoms with E-state index in [0.717, 1.165) is 12.8 Å². The second-order valence-corrected chi connectivity index (χ2v) is 55.2. The molecule has 4 aliphatic rings. The van der Waals surface area contributed by atoms with Crippen molar-refractivity contribution in [3.63, 3.8) is 0 Å². The van der Waals surface area contributed by atoms with E-state index < -0.39 is 21.5 Å². The third-order valence-electron chi connectivity index (χ3n) is 10.4. The molecular formula is C34H41Cl2SiZr. The van der Waals surface area contributed by atoms with Crippen LogP contribution < -0.4 is 0 Å². The van der Waals surface area contributed by atoms with E-state index in [9.17, 15) is 0 Å². The van der Waals surface area contributed by atoms with E-state index in [0.29, 0.717) is 19.1 Å². The standard InChI is InChI=1S/2C16H17.C2H7Si.2ClH.Zr/c2*1-12-10-14-8-5-9-15(16(14)11-12)13-6-3-2-4-7-13;1-3-2;;;/h2*2-4,6-7,10-11,15H,5,8-9H2,1H3;3H,1-2H3;2*1H;/q;;;;;+2/p-2. The van der Waals surface area contributed by atoms with Crippen molar-refractivity contribution in [2.75, 3.05) is 0 Å². The van der Waals surface area contributed by atoms with Crippen molar-refractivity contribution in [2.24, 2.45) is 0 Å². The maximum atomic E-state index is 8.45. The van der Waals surface area contributed by atoms with Gasteiger partial charge in [0.1, 0.15) is 0 Å². The van der Waals surface area contributed by atoms with Gasteiger partial charge in [0, 0.05) is 0 Å². The molecule has 2 aromatic rings. The zero-order valence-corrected chi connectivity index (χ0v) is 28.4. The van der Waals surface area contributed by atoms with Crippen LogP contribution in [0.25, 0.3) is 0 Å². The van der Waals surface area contributed by atoms with Crippen LogP contribution in [0.4, 0.5) is 0 Å². The topological polar surface area (TPSA) is 0 Å². The van der Waals surface area contributed by atoms with Gasteiger partial charge in [-0.15, -0.1) is 0 Å². The number of hydrogen-bond donors (Lipinski definition) is 0.